The van der Waals surface area contributed by atoms with Crippen molar-refractivity contribution in [3.63, 3.8) is 0 Å². The molecule has 160 valence electrons. The molecule has 0 N–H and O–H groups in total. The van der Waals surface area contributed by atoms with Crippen molar-refractivity contribution < 1.29 is 9.53 Å². The van der Waals surface area contributed by atoms with Gasteiger partial charge in [-0.2, -0.15) is 0 Å². The van der Waals surface area contributed by atoms with Gasteiger partial charge in [-0.3, -0.25) is 4.79 Å². The van der Waals surface area contributed by atoms with Gasteiger partial charge in [0.2, 0.25) is 0 Å². The van der Waals surface area contributed by atoms with Gasteiger partial charge in [-0.25, -0.2) is 0 Å². The number of nitrogens with zero attached hydrogens (tertiary/aromatic N) is 1. The average Bonchev–Trinajstić information content (AvgIpc) is 3.12. The van der Waals surface area contributed by atoms with E-state index in [1.165, 1.54) is 43.1 Å². The van der Waals surface area contributed by atoms with Crippen LogP contribution in [0.15, 0.2) is 48.5 Å². The molecule has 0 radical (unpaired) electrons. The highest BCUT2D eigenvalue weighted by Crippen LogP contribution is 2.48. The number of carbonyl (C=O) groups is 1. The van der Waals surface area contributed by atoms with E-state index in [-0.39, 0.29) is 11.4 Å². The number of methoxy groups -OCH3 is 1. The highest BCUT2D eigenvalue weighted by atomic mass is 16.5. The third kappa shape index (κ3) is 3.92. The van der Waals surface area contributed by atoms with E-state index in [9.17, 15) is 4.79 Å². The van der Waals surface area contributed by atoms with E-state index in [1.54, 1.807) is 5.56 Å². The quantitative estimate of drug-likeness (QED) is 0.645. The largest absolute Gasteiger partial charge is 0.469 e. The Kier molecular flexibility index (Phi) is 5.76. The summed E-state index contributed by atoms with van der Waals surface area (Å²) in [6.07, 6.45) is 6.63. The molecule has 2 atom stereocenters. The van der Waals surface area contributed by atoms with Crippen LogP contribution in [0.3, 0.4) is 0 Å². The highest BCUT2D eigenvalue weighted by Gasteiger charge is 2.44. The summed E-state index contributed by atoms with van der Waals surface area (Å²) in [5, 5.41) is 0. The van der Waals surface area contributed by atoms with Crippen LogP contribution in [0.25, 0.3) is 0 Å². The van der Waals surface area contributed by atoms with Gasteiger partial charge in [-0.15, -0.1) is 0 Å². The Bertz CT molecular complexity index is 919. The molecule has 2 aliphatic carbocycles. The summed E-state index contributed by atoms with van der Waals surface area (Å²) in [5.74, 6) is -0.118. The lowest BCUT2D eigenvalue weighted by atomic mass is 9.73. The van der Waals surface area contributed by atoms with E-state index in [1.807, 2.05) is 13.8 Å². The molecule has 1 spiro atoms. The summed E-state index contributed by atoms with van der Waals surface area (Å²) in [7, 11) is 3.71. The van der Waals surface area contributed by atoms with Crippen molar-refractivity contribution in [2.45, 2.75) is 63.8 Å². The Hall–Kier alpha value is -2.13. The molecular formula is C27H35NO2. The first-order valence-corrected chi connectivity index (χ1v) is 11.3. The highest BCUT2D eigenvalue weighted by molar-refractivity contribution is 5.75. The maximum absolute atomic E-state index is 12.1. The van der Waals surface area contributed by atoms with Gasteiger partial charge in [0.1, 0.15) is 0 Å². The summed E-state index contributed by atoms with van der Waals surface area (Å²) in [5.41, 5.74) is 5.85. The average molecular weight is 406 g/mol. The molecule has 0 aromatic heterocycles. The number of carbonyl (C=O) groups excluding carboxylic acids is 1. The minimum absolute atomic E-state index is 0.118. The summed E-state index contributed by atoms with van der Waals surface area (Å²) < 4.78 is 4.99. The van der Waals surface area contributed by atoms with Crippen LogP contribution in [-0.4, -0.2) is 37.6 Å². The molecule has 4 rings (SSSR count). The monoisotopic (exact) mass is 405 g/mol. The van der Waals surface area contributed by atoms with Gasteiger partial charge in [-0.1, -0.05) is 48.5 Å². The number of hydrogen-bond donors (Lipinski definition) is 0. The number of hydrogen-bond acceptors (Lipinski definition) is 3. The van der Waals surface area contributed by atoms with Crippen LogP contribution in [0.5, 0.6) is 0 Å². The Morgan fingerprint density at radius 3 is 2.50 bits per heavy atom. The van der Waals surface area contributed by atoms with Crippen LogP contribution < -0.4 is 0 Å². The molecule has 0 heterocycles. The molecule has 0 aliphatic heterocycles. The minimum Gasteiger partial charge on any atom is -0.469 e. The molecule has 2 unspecified atom stereocenters. The molecule has 2 aromatic carbocycles. The second-order valence-corrected chi connectivity index (χ2v) is 10.1. The third-order valence-electron chi connectivity index (χ3n) is 7.65. The molecule has 0 bridgehead atoms. The molecule has 3 nitrogen and oxygen atoms in total. The number of benzene rings is 2. The summed E-state index contributed by atoms with van der Waals surface area (Å²) in [6, 6.07) is 18.7. The summed E-state index contributed by atoms with van der Waals surface area (Å²) in [6.45, 7) is 4.89. The van der Waals surface area contributed by atoms with Crippen LogP contribution >= 0.6 is 0 Å². The van der Waals surface area contributed by atoms with Crippen molar-refractivity contribution >= 4 is 5.97 Å². The number of rotatable bonds is 5. The van der Waals surface area contributed by atoms with Crippen molar-refractivity contribution in [2.24, 2.45) is 5.41 Å². The van der Waals surface area contributed by atoms with Crippen LogP contribution in [0.2, 0.25) is 0 Å². The Balaban J connectivity index is 1.55. The van der Waals surface area contributed by atoms with E-state index in [0.717, 1.165) is 25.8 Å². The molecule has 0 saturated heterocycles. The molecule has 2 aromatic rings. The van der Waals surface area contributed by atoms with Crippen molar-refractivity contribution in [1.29, 1.82) is 0 Å². The molecule has 0 amide bonds. The van der Waals surface area contributed by atoms with Crippen molar-refractivity contribution in [2.75, 3.05) is 20.7 Å². The van der Waals surface area contributed by atoms with Gasteiger partial charge in [0.15, 0.2) is 0 Å². The molecular weight excluding hydrogens is 370 g/mol. The minimum atomic E-state index is -0.437. The maximum atomic E-state index is 12.1. The van der Waals surface area contributed by atoms with Gasteiger partial charge in [-0.05, 0) is 88.2 Å². The fourth-order valence-corrected chi connectivity index (χ4v) is 5.66. The molecule has 2 aliphatic rings. The van der Waals surface area contributed by atoms with Gasteiger partial charge in [0.05, 0.1) is 12.5 Å². The first-order chi connectivity index (χ1) is 14.3. The maximum Gasteiger partial charge on any atom is 0.311 e. The van der Waals surface area contributed by atoms with Crippen LogP contribution in [0, 0.1) is 5.41 Å². The number of ether oxygens (including phenoxy) is 1. The van der Waals surface area contributed by atoms with E-state index < -0.39 is 5.41 Å². The zero-order valence-electron chi connectivity index (χ0n) is 18.9. The third-order valence-corrected chi connectivity index (χ3v) is 7.65. The molecule has 1 saturated carbocycles. The summed E-state index contributed by atoms with van der Waals surface area (Å²) in [4.78, 5) is 14.5. The lowest BCUT2D eigenvalue weighted by molar-refractivity contribution is -0.151. The first kappa shape index (κ1) is 21.1. The van der Waals surface area contributed by atoms with E-state index in [4.69, 9.17) is 4.74 Å². The Labute approximate surface area is 181 Å². The van der Waals surface area contributed by atoms with E-state index >= 15 is 0 Å². The molecule has 30 heavy (non-hydrogen) atoms. The lowest BCUT2D eigenvalue weighted by Gasteiger charge is -2.33. The predicted molar refractivity (Wildman–Crippen MR) is 122 cm³/mol. The second kappa shape index (κ2) is 8.19. The van der Waals surface area contributed by atoms with E-state index in [0.29, 0.717) is 6.04 Å². The Morgan fingerprint density at radius 2 is 1.77 bits per heavy atom. The number of fused-ring (bicyclic) bond motifs is 3. The first-order valence-electron chi connectivity index (χ1n) is 11.3. The summed E-state index contributed by atoms with van der Waals surface area (Å²) >= 11 is 0. The van der Waals surface area contributed by atoms with Crippen LogP contribution in [0.4, 0.5) is 0 Å². The molecule has 3 heteroatoms. The molecule has 1 fully saturated rings. The van der Waals surface area contributed by atoms with Crippen molar-refractivity contribution in [1.82, 2.24) is 4.90 Å². The van der Waals surface area contributed by atoms with E-state index in [2.05, 4.69) is 60.5 Å². The normalized spacial score (nSPS) is 23.2. The number of esters is 1. The van der Waals surface area contributed by atoms with Gasteiger partial charge < -0.3 is 9.64 Å². The van der Waals surface area contributed by atoms with Gasteiger partial charge in [0, 0.05) is 11.5 Å². The standard InChI is InChI=1S/C27H35NO2/c1-26(2,25(29)30-4)15-16-28(3)23-13-14-27(19-23)18-22-11-6-5-9-20(22)17-21-10-7-8-12-24(21)27/h5-12,23H,13-19H2,1-4H3. The zero-order chi connectivity index (χ0) is 21.4. The predicted octanol–water partition coefficient (Wildman–Crippen LogP) is 5.14. The topological polar surface area (TPSA) is 29.5 Å². The fourth-order valence-electron chi connectivity index (χ4n) is 5.66. The lowest BCUT2D eigenvalue weighted by Crippen LogP contribution is -2.37. The zero-order valence-corrected chi connectivity index (χ0v) is 18.9. The van der Waals surface area contributed by atoms with Crippen molar-refractivity contribution in [3.05, 3.63) is 70.8 Å². The van der Waals surface area contributed by atoms with Gasteiger partial charge >= 0.3 is 5.97 Å². The second-order valence-electron chi connectivity index (χ2n) is 10.1. The fraction of sp³-hybridized carbons (Fsp3) is 0.519. The Morgan fingerprint density at radius 1 is 1.10 bits per heavy atom. The smallest absolute Gasteiger partial charge is 0.311 e. The van der Waals surface area contributed by atoms with Crippen LogP contribution in [0.1, 0.15) is 61.8 Å². The van der Waals surface area contributed by atoms with Crippen molar-refractivity contribution in [3.8, 4) is 0 Å². The van der Waals surface area contributed by atoms with Gasteiger partial charge in [0.25, 0.3) is 0 Å². The SMILES string of the molecule is COC(=O)C(C)(C)CCN(C)C1CCC2(Cc3ccccc3Cc3ccccc32)C1. The van der Waals surface area contributed by atoms with Crippen LogP contribution in [-0.2, 0) is 27.8 Å².